The van der Waals surface area contributed by atoms with E-state index < -0.39 is 10.0 Å². The second-order valence-electron chi connectivity index (χ2n) is 8.77. The zero-order chi connectivity index (χ0) is 24.1. The van der Waals surface area contributed by atoms with Crippen LogP contribution in [0.3, 0.4) is 0 Å². The lowest BCUT2D eigenvalue weighted by Gasteiger charge is -2.23. The van der Waals surface area contributed by atoms with Crippen molar-refractivity contribution in [2.75, 3.05) is 31.1 Å². The minimum absolute atomic E-state index is 0.00832. The third-order valence-corrected chi connectivity index (χ3v) is 8.68. The molecule has 1 aromatic heterocycles. The summed E-state index contributed by atoms with van der Waals surface area (Å²) >= 11 is 0. The van der Waals surface area contributed by atoms with Crippen molar-refractivity contribution in [1.29, 1.82) is 0 Å². The standard InChI is InChI=1S/C26H34N4O3S/c1-3-30(4-2)34(32,33)21-14-15-24(28-16-9-10-17-28)22(19-21)26(31)13-7-8-18-29-20-27-23-11-5-6-12-25(23)29/h5-6,11-12,14-15,19-20H,3-4,7-10,13,16-18H2,1-2H3. The number of fused-ring (bicyclic) bond motifs is 1. The number of carbonyl (C=O) groups is 1. The Hall–Kier alpha value is -2.71. The maximum absolute atomic E-state index is 13.3. The molecular weight excluding hydrogens is 448 g/mol. The van der Waals surface area contributed by atoms with E-state index >= 15 is 0 Å². The lowest BCUT2D eigenvalue weighted by molar-refractivity contribution is 0.0979. The van der Waals surface area contributed by atoms with Crippen molar-refractivity contribution in [3.8, 4) is 0 Å². The molecule has 0 amide bonds. The van der Waals surface area contributed by atoms with Crippen LogP contribution in [0, 0.1) is 0 Å². The van der Waals surface area contributed by atoms with Gasteiger partial charge in [0, 0.05) is 50.4 Å². The molecule has 1 saturated heterocycles. The molecule has 2 aromatic carbocycles. The monoisotopic (exact) mass is 482 g/mol. The van der Waals surface area contributed by atoms with Crippen LogP contribution < -0.4 is 4.90 Å². The van der Waals surface area contributed by atoms with Gasteiger partial charge in [0.2, 0.25) is 10.0 Å². The first kappa shape index (κ1) is 24.4. The van der Waals surface area contributed by atoms with Crippen LogP contribution in [0.25, 0.3) is 11.0 Å². The Kier molecular flexibility index (Phi) is 7.68. The van der Waals surface area contributed by atoms with Crippen LogP contribution in [-0.4, -0.2) is 54.2 Å². The summed E-state index contributed by atoms with van der Waals surface area (Å²) in [6.07, 6.45) is 6.00. The number of carbonyl (C=O) groups excluding carboxylic acids is 1. The molecule has 0 bridgehead atoms. The van der Waals surface area contributed by atoms with Crippen molar-refractivity contribution in [3.05, 3.63) is 54.4 Å². The molecule has 3 aromatic rings. The summed E-state index contributed by atoms with van der Waals surface area (Å²) < 4.78 is 29.7. The highest BCUT2D eigenvalue weighted by atomic mass is 32.2. The van der Waals surface area contributed by atoms with Gasteiger partial charge < -0.3 is 9.47 Å². The fourth-order valence-electron chi connectivity index (χ4n) is 4.74. The lowest BCUT2D eigenvalue weighted by atomic mass is 10.0. The average Bonchev–Trinajstić information content (AvgIpc) is 3.52. The zero-order valence-electron chi connectivity index (χ0n) is 20.1. The van der Waals surface area contributed by atoms with Gasteiger partial charge in [-0.15, -0.1) is 0 Å². The quantitative estimate of drug-likeness (QED) is 0.292. The van der Waals surface area contributed by atoms with Crippen LogP contribution in [0.5, 0.6) is 0 Å². The molecule has 0 aliphatic carbocycles. The van der Waals surface area contributed by atoms with Gasteiger partial charge in [-0.25, -0.2) is 13.4 Å². The van der Waals surface area contributed by atoms with Crippen LogP contribution in [-0.2, 0) is 16.6 Å². The first-order valence-electron chi connectivity index (χ1n) is 12.3. The molecule has 2 heterocycles. The van der Waals surface area contributed by atoms with Gasteiger partial charge in [0.05, 0.1) is 22.3 Å². The largest absolute Gasteiger partial charge is 0.371 e. The summed E-state index contributed by atoms with van der Waals surface area (Å²) in [4.78, 5) is 20.2. The van der Waals surface area contributed by atoms with Crippen molar-refractivity contribution in [1.82, 2.24) is 13.9 Å². The Morgan fingerprint density at radius 2 is 1.76 bits per heavy atom. The lowest BCUT2D eigenvalue weighted by Crippen LogP contribution is -2.31. The predicted molar refractivity (Wildman–Crippen MR) is 136 cm³/mol. The Morgan fingerprint density at radius 1 is 1.03 bits per heavy atom. The molecule has 182 valence electrons. The van der Waals surface area contributed by atoms with E-state index in [-0.39, 0.29) is 10.7 Å². The number of Topliss-reactive ketones (excluding diaryl/α,β-unsaturated/α-hetero) is 1. The van der Waals surface area contributed by atoms with E-state index in [0.717, 1.165) is 62.0 Å². The molecule has 0 spiro atoms. The van der Waals surface area contributed by atoms with Crippen molar-refractivity contribution in [2.24, 2.45) is 0 Å². The highest BCUT2D eigenvalue weighted by Crippen LogP contribution is 2.30. The molecule has 0 atom stereocenters. The predicted octanol–water partition coefficient (Wildman–Crippen LogP) is 4.72. The fraction of sp³-hybridized carbons (Fsp3) is 0.462. The minimum Gasteiger partial charge on any atom is -0.371 e. The smallest absolute Gasteiger partial charge is 0.243 e. The molecule has 8 heteroatoms. The number of aryl methyl sites for hydroxylation is 1. The van der Waals surface area contributed by atoms with Gasteiger partial charge >= 0.3 is 0 Å². The summed E-state index contributed by atoms with van der Waals surface area (Å²) in [6, 6.07) is 13.1. The van der Waals surface area contributed by atoms with Crippen molar-refractivity contribution in [2.45, 2.75) is 57.4 Å². The molecule has 0 radical (unpaired) electrons. The van der Waals surface area contributed by atoms with Crippen molar-refractivity contribution < 1.29 is 13.2 Å². The Labute approximate surface area is 202 Å². The number of nitrogens with zero attached hydrogens (tertiary/aromatic N) is 4. The van der Waals surface area contributed by atoms with Gasteiger partial charge in [0.1, 0.15) is 0 Å². The number of anilines is 1. The number of ketones is 1. The second kappa shape index (κ2) is 10.7. The molecule has 0 unspecified atom stereocenters. The van der Waals surface area contributed by atoms with Crippen LogP contribution in [0.1, 0.15) is 56.3 Å². The topological polar surface area (TPSA) is 75.5 Å². The summed E-state index contributed by atoms with van der Waals surface area (Å²) in [6.45, 7) is 7.05. The average molecular weight is 483 g/mol. The molecule has 34 heavy (non-hydrogen) atoms. The van der Waals surface area contributed by atoms with E-state index in [1.54, 1.807) is 12.1 Å². The maximum atomic E-state index is 13.3. The number of rotatable bonds is 11. The van der Waals surface area contributed by atoms with E-state index in [0.29, 0.717) is 25.1 Å². The number of imidazole rings is 1. The van der Waals surface area contributed by atoms with Crippen LogP contribution in [0.4, 0.5) is 5.69 Å². The molecule has 0 N–H and O–H groups in total. The first-order chi connectivity index (χ1) is 16.5. The maximum Gasteiger partial charge on any atom is 0.243 e. The highest BCUT2D eigenvalue weighted by molar-refractivity contribution is 7.89. The number of sulfonamides is 1. The van der Waals surface area contributed by atoms with Gasteiger partial charge in [0.15, 0.2) is 5.78 Å². The van der Waals surface area contributed by atoms with Crippen LogP contribution >= 0.6 is 0 Å². The van der Waals surface area contributed by atoms with Gasteiger partial charge in [-0.2, -0.15) is 4.31 Å². The number of hydrogen-bond donors (Lipinski definition) is 0. The van der Waals surface area contributed by atoms with Crippen molar-refractivity contribution >= 4 is 32.5 Å². The summed E-state index contributed by atoms with van der Waals surface area (Å²) in [5.41, 5.74) is 3.46. The number of para-hydroxylation sites is 2. The number of unbranched alkanes of at least 4 members (excludes halogenated alkanes) is 1. The zero-order valence-corrected chi connectivity index (χ0v) is 20.9. The molecule has 1 fully saturated rings. The first-order valence-corrected chi connectivity index (χ1v) is 13.7. The minimum atomic E-state index is -3.62. The SMILES string of the molecule is CCN(CC)S(=O)(=O)c1ccc(N2CCCC2)c(C(=O)CCCCn2cnc3ccccc32)c1. The van der Waals surface area contributed by atoms with E-state index in [4.69, 9.17) is 0 Å². The second-order valence-corrected chi connectivity index (χ2v) is 10.7. The fourth-order valence-corrected chi connectivity index (χ4v) is 6.22. The van der Waals surface area contributed by atoms with Gasteiger partial charge in [0.25, 0.3) is 0 Å². The Bertz CT molecular complexity index is 1240. The van der Waals surface area contributed by atoms with E-state index in [2.05, 4.69) is 20.5 Å². The Morgan fingerprint density at radius 3 is 2.50 bits per heavy atom. The number of hydrogen-bond acceptors (Lipinski definition) is 5. The number of aromatic nitrogens is 2. The van der Waals surface area contributed by atoms with Gasteiger partial charge in [-0.05, 0) is 56.0 Å². The van der Waals surface area contributed by atoms with Crippen LogP contribution in [0.2, 0.25) is 0 Å². The third kappa shape index (κ3) is 5.03. The van der Waals surface area contributed by atoms with E-state index in [9.17, 15) is 13.2 Å². The molecule has 4 rings (SSSR count). The molecule has 0 saturated carbocycles. The molecule has 1 aliphatic heterocycles. The van der Waals surface area contributed by atoms with E-state index in [1.165, 1.54) is 4.31 Å². The normalized spacial score (nSPS) is 14.4. The molecule has 1 aliphatic rings. The van der Waals surface area contributed by atoms with Crippen molar-refractivity contribution in [3.63, 3.8) is 0 Å². The summed E-state index contributed by atoms with van der Waals surface area (Å²) in [5, 5.41) is 0. The summed E-state index contributed by atoms with van der Waals surface area (Å²) in [7, 11) is -3.62. The number of benzene rings is 2. The molecule has 7 nitrogen and oxygen atoms in total. The van der Waals surface area contributed by atoms with Gasteiger partial charge in [-0.1, -0.05) is 26.0 Å². The van der Waals surface area contributed by atoms with Crippen LogP contribution in [0.15, 0.2) is 53.7 Å². The molecular formula is C26H34N4O3S. The van der Waals surface area contributed by atoms with E-state index in [1.807, 2.05) is 44.4 Å². The van der Waals surface area contributed by atoms with Gasteiger partial charge in [-0.3, -0.25) is 4.79 Å². The highest BCUT2D eigenvalue weighted by Gasteiger charge is 2.26. The Balaban J connectivity index is 1.50. The third-order valence-electron chi connectivity index (χ3n) is 6.64. The summed E-state index contributed by atoms with van der Waals surface area (Å²) in [5.74, 6) is 0.00832.